The van der Waals surface area contributed by atoms with E-state index in [0.29, 0.717) is 6.04 Å². The first-order valence-corrected chi connectivity index (χ1v) is 9.74. The van der Waals surface area contributed by atoms with Crippen molar-refractivity contribution in [1.82, 2.24) is 14.9 Å². The minimum atomic E-state index is 0.655. The van der Waals surface area contributed by atoms with Gasteiger partial charge in [-0.2, -0.15) is 0 Å². The predicted octanol–water partition coefficient (Wildman–Crippen LogP) is 3.55. The number of rotatable bonds is 5. The summed E-state index contributed by atoms with van der Waals surface area (Å²) in [5, 5.41) is 0. The number of anilines is 1. The maximum atomic E-state index is 5.04. The van der Waals surface area contributed by atoms with Gasteiger partial charge in [0, 0.05) is 36.0 Å². The molecule has 1 aliphatic heterocycles. The number of aromatic nitrogens is 2. The average molecular weight is 336 g/mol. The summed E-state index contributed by atoms with van der Waals surface area (Å²) in [7, 11) is 0. The molecule has 2 heterocycles. The van der Waals surface area contributed by atoms with Gasteiger partial charge in [-0.3, -0.25) is 4.90 Å². The molecule has 1 aliphatic carbocycles. The smallest absolute Gasteiger partial charge is 0.161 e. The van der Waals surface area contributed by atoms with Crippen LogP contribution in [-0.4, -0.2) is 47.1 Å². The van der Waals surface area contributed by atoms with Crippen molar-refractivity contribution in [3.63, 3.8) is 0 Å². The summed E-state index contributed by atoms with van der Waals surface area (Å²) >= 11 is 0. The highest BCUT2D eigenvalue weighted by atomic mass is 15.3. The number of benzene rings is 1. The molecule has 0 unspecified atom stereocenters. The molecule has 1 fully saturated rings. The summed E-state index contributed by atoms with van der Waals surface area (Å²) in [6.45, 7) is 9.00. The van der Waals surface area contributed by atoms with Crippen LogP contribution in [0.2, 0.25) is 0 Å². The fraction of sp³-hybridized carbons (Fsp3) is 0.524. The number of hydrogen-bond donors (Lipinski definition) is 0. The number of nitrogens with zero attached hydrogens (tertiary/aromatic N) is 4. The highest BCUT2D eigenvalue weighted by molar-refractivity contribution is 5.61. The molecule has 1 aromatic carbocycles. The quantitative estimate of drug-likeness (QED) is 0.836. The Labute approximate surface area is 150 Å². The zero-order chi connectivity index (χ0) is 17.2. The van der Waals surface area contributed by atoms with Crippen LogP contribution in [0.3, 0.4) is 0 Å². The molecule has 4 rings (SSSR count). The van der Waals surface area contributed by atoms with E-state index < -0.39 is 0 Å². The van der Waals surface area contributed by atoms with Gasteiger partial charge in [0.15, 0.2) is 5.82 Å². The van der Waals surface area contributed by atoms with Crippen LogP contribution in [0, 0.1) is 0 Å². The number of likely N-dealkylation sites (N-methyl/N-ethyl adjacent to an activating group) is 1. The molecule has 2 aliphatic rings. The predicted molar refractivity (Wildman–Crippen MR) is 103 cm³/mol. The zero-order valence-electron chi connectivity index (χ0n) is 15.4. The Morgan fingerprint density at radius 1 is 1.08 bits per heavy atom. The Hall–Kier alpha value is -1.94. The lowest BCUT2D eigenvalue weighted by atomic mass is 10.1. The lowest BCUT2D eigenvalue weighted by Gasteiger charge is -2.27. The second-order valence-corrected chi connectivity index (χ2v) is 7.13. The van der Waals surface area contributed by atoms with Crippen molar-refractivity contribution in [1.29, 1.82) is 0 Å². The summed E-state index contributed by atoms with van der Waals surface area (Å²) in [6, 6.07) is 11.1. The van der Waals surface area contributed by atoms with E-state index in [2.05, 4.69) is 47.9 Å². The first-order chi connectivity index (χ1) is 12.3. The summed E-state index contributed by atoms with van der Waals surface area (Å²) in [4.78, 5) is 15.0. The molecule has 0 amide bonds. The Morgan fingerprint density at radius 3 is 2.64 bits per heavy atom. The molecule has 0 spiro atoms. The molecule has 25 heavy (non-hydrogen) atoms. The van der Waals surface area contributed by atoms with E-state index in [1.807, 2.05) is 6.07 Å². The lowest BCUT2D eigenvalue weighted by molar-refractivity contribution is 0.232. The maximum Gasteiger partial charge on any atom is 0.161 e. The molecule has 2 aromatic rings. The van der Waals surface area contributed by atoms with Crippen molar-refractivity contribution in [2.75, 3.05) is 31.1 Å². The lowest BCUT2D eigenvalue weighted by Crippen LogP contribution is -2.37. The van der Waals surface area contributed by atoms with Gasteiger partial charge in [-0.25, -0.2) is 9.97 Å². The van der Waals surface area contributed by atoms with Crippen LogP contribution in [-0.2, 0) is 12.8 Å². The van der Waals surface area contributed by atoms with E-state index in [0.717, 1.165) is 50.4 Å². The van der Waals surface area contributed by atoms with Gasteiger partial charge in [-0.05, 0) is 38.8 Å². The summed E-state index contributed by atoms with van der Waals surface area (Å²) < 4.78 is 0. The number of hydrogen-bond acceptors (Lipinski definition) is 4. The van der Waals surface area contributed by atoms with Gasteiger partial charge in [0.25, 0.3) is 0 Å². The molecule has 0 bridgehead atoms. The molecule has 4 heteroatoms. The zero-order valence-corrected chi connectivity index (χ0v) is 15.4. The average Bonchev–Trinajstić information content (AvgIpc) is 3.32. The standard InChI is InChI=1S/C21H28N4/c1-3-24(4-2)17-13-14-25(15-17)21-18-11-8-12-19(18)22-20(23-21)16-9-6-5-7-10-16/h5-7,9-10,17H,3-4,8,11-15H2,1-2H3/t17-/m0/s1. The SMILES string of the molecule is CCN(CC)[C@H]1CCN(c2nc(-c3ccccc3)nc3c2CCC3)C1. The molecule has 1 atom stereocenters. The minimum Gasteiger partial charge on any atom is -0.355 e. The van der Waals surface area contributed by atoms with Gasteiger partial charge in [0.05, 0.1) is 0 Å². The third kappa shape index (κ3) is 3.15. The van der Waals surface area contributed by atoms with Crippen molar-refractivity contribution >= 4 is 5.82 Å². The molecule has 1 aromatic heterocycles. The Morgan fingerprint density at radius 2 is 1.88 bits per heavy atom. The van der Waals surface area contributed by atoms with Crippen LogP contribution in [0.25, 0.3) is 11.4 Å². The van der Waals surface area contributed by atoms with Crippen LogP contribution in [0.5, 0.6) is 0 Å². The van der Waals surface area contributed by atoms with Crippen LogP contribution in [0.15, 0.2) is 30.3 Å². The van der Waals surface area contributed by atoms with E-state index in [-0.39, 0.29) is 0 Å². The summed E-state index contributed by atoms with van der Waals surface area (Å²) in [5.74, 6) is 2.10. The summed E-state index contributed by atoms with van der Waals surface area (Å²) in [6.07, 6.45) is 4.67. The van der Waals surface area contributed by atoms with Crippen molar-refractivity contribution in [2.24, 2.45) is 0 Å². The van der Waals surface area contributed by atoms with Crippen LogP contribution < -0.4 is 4.90 Å². The topological polar surface area (TPSA) is 32.3 Å². The van der Waals surface area contributed by atoms with Gasteiger partial charge in [-0.15, -0.1) is 0 Å². The van der Waals surface area contributed by atoms with Gasteiger partial charge < -0.3 is 4.90 Å². The van der Waals surface area contributed by atoms with E-state index >= 15 is 0 Å². The molecule has 0 radical (unpaired) electrons. The van der Waals surface area contributed by atoms with Gasteiger partial charge in [0.1, 0.15) is 5.82 Å². The van der Waals surface area contributed by atoms with Crippen LogP contribution in [0.1, 0.15) is 37.9 Å². The molecule has 0 saturated carbocycles. The second kappa shape index (κ2) is 7.12. The Bertz CT molecular complexity index is 724. The maximum absolute atomic E-state index is 5.04. The fourth-order valence-electron chi connectivity index (χ4n) is 4.36. The van der Waals surface area contributed by atoms with E-state index in [9.17, 15) is 0 Å². The highest BCUT2D eigenvalue weighted by Crippen LogP contribution is 2.33. The third-order valence-corrected chi connectivity index (χ3v) is 5.73. The largest absolute Gasteiger partial charge is 0.355 e. The number of fused-ring (bicyclic) bond motifs is 1. The number of aryl methyl sites for hydroxylation is 1. The van der Waals surface area contributed by atoms with Crippen LogP contribution >= 0.6 is 0 Å². The molecule has 1 saturated heterocycles. The van der Waals surface area contributed by atoms with Crippen molar-refractivity contribution < 1.29 is 0 Å². The summed E-state index contributed by atoms with van der Waals surface area (Å²) in [5.41, 5.74) is 3.80. The molecule has 4 nitrogen and oxygen atoms in total. The van der Waals surface area contributed by atoms with Crippen LogP contribution in [0.4, 0.5) is 5.82 Å². The highest BCUT2D eigenvalue weighted by Gasteiger charge is 2.30. The van der Waals surface area contributed by atoms with Gasteiger partial charge >= 0.3 is 0 Å². The molecule has 132 valence electrons. The van der Waals surface area contributed by atoms with Crippen molar-refractivity contribution in [3.05, 3.63) is 41.6 Å². The van der Waals surface area contributed by atoms with Crippen molar-refractivity contribution in [2.45, 2.75) is 45.6 Å². The Kier molecular flexibility index (Phi) is 4.71. The van der Waals surface area contributed by atoms with E-state index in [4.69, 9.17) is 9.97 Å². The van der Waals surface area contributed by atoms with E-state index in [1.165, 1.54) is 29.9 Å². The fourth-order valence-corrected chi connectivity index (χ4v) is 4.36. The first kappa shape index (κ1) is 16.5. The Balaban J connectivity index is 1.67. The molecule has 0 N–H and O–H groups in total. The second-order valence-electron chi connectivity index (χ2n) is 7.13. The minimum absolute atomic E-state index is 0.655. The monoisotopic (exact) mass is 336 g/mol. The van der Waals surface area contributed by atoms with Crippen molar-refractivity contribution in [3.8, 4) is 11.4 Å². The van der Waals surface area contributed by atoms with Gasteiger partial charge in [-0.1, -0.05) is 44.2 Å². The first-order valence-electron chi connectivity index (χ1n) is 9.74. The normalized spacial score (nSPS) is 19.6. The molecular weight excluding hydrogens is 308 g/mol. The van der Waals surface area contributed by atoms with E-state index in [1.54, 1.807) is 0 Å². The molecular formula is C21H28N4. The third-order valence-electron chi connectivity index (χ3n) is 5.73. The van der Waals surface area contributed by atoms with Gasteiger partial charge in [0.2, 0.25) is 0 Å².